The lowest BCUT2D eigenvalue weighted by molar-refractivity contribution is -0.145. The molecule has 0 bridgehead atoms. The van der Waals surface area contributed by atoms with E-state index >= 15 is 0 Å². The topological polar surface area (TPSA) is 132 Å². The van der Waals surface area contributed by atoms with E-state index in [4.69, 9.17) is 14.2 Å². The van der Waals surface area contributed by atoms with E-state index in [9.17, 15) is 19.2 Å². The number of nitrogens with one attached hydrogen (secondary N) is 3. The van der Waals surface area contributed by atoms with Gasteiger partial charge in [-0.1, -0.05) is 32.0 Å². The maximum atomic E-state index is 13.0. The van der Waals surface area contributed by atoms with Crippen molar-refractivity contribution >= 4 is 24.1 Å². The minimum absolute atomic E-state index is 0.132. The zero-order valence-electron chi connectivity index (χ0n) is 21.5. The standard InChI is InChI=1S/C25H39N3O7/c1-17(2)16-20(22(30)33-6)27-21(29)19(28-24(32)34-18-12-8-7-9-13-18)14-10-11-15-26-23(31)35-25(3,4)5/h7-9,12-13,17,19-20H,10-11,14-16H2,1-6H3,(H,26,31)(H,27,29)(H,28,32)/t19-,20-/m0/s1. The highest BCUT2D eigenvalue weighted by atomic mass is 16.6. The molecule has 0 saturated carbocycles. The molecule has 1 rings (SSSR count). The summed E-state index contributed by atoms with van der Waals surface area (Å²) in [6.45, 7) is 9.51. The van der Waals surface area contributed by atoms with Crippen LogP contribution in [0.4, 0.5) is 9.59 Å². The molecule has 0 heterocycles. The maximum absolute atomic E-state index is 13.0. The molecule has 1 aromatic carbocycles. The Bertz CT molecular complexity index is 822. The normalized spacial score (nSPS) is 12.8. The fourth-order valence-corrected chi connectivity index (χ4v) is 3.11. The molecule has 0 aliphatic rings. The molecular formula is C25H39N3O7. The van der Waals surface area contributed by atoms with Crippen LogP contribution in [-0.4, -0.2) is 55.4 Å². The van der Waals surface area contributed by atoms with Crippen molar-refractivity contribution in [1.82, 2.24) is 16.0 Å². The molecule has 3 amide bonds. The van der Waals surface area contributed by atoms with Gasteiger partial charge in [-0.15, -0.1) is 0 Å². The predicted octanol–water partition coefficient (Wildman–Crippen LogP) is 3.54. The van der Waals surface area contributed by atoms with Gasteiger partial charge in [-0.3, -0.25) is 4.79 Å². The summed E-state index contributed by atoms with van der Waals surface area (Å²) >= 11 is 0. The number of para-hydroxylation sites is 1. The monoisotopic (exact) mass is 493 g/mol. The lowest BCUT2D eigenvalue weighted by atomic mass is 10.0. The number of amides is 3. The molecule has 0 radical (unpaired) electrons. The Labute approximate surface area is 207 Å². The van der Waals surface area contributed by atoms with Crippen LogP contribution in [0.5, 0.6) is 5.75 Å². The van der Waals surface area contributed by atoms with E-state index in [0.717, 1.165) is 0 Å². The number of hydrogen-bond acceptors (Lipinski definition) is 7. The van der Waals surface area contributed by atoms with Gasteiger partial charge in [0.1, 0.15) is 23.4 Å². The lowest BCUT2D eigenvalue weighted by Gasteiger charge is -2.23. The molecule has 0 aliphatic heterocycles. The van der Waals surface area contributed by atoms with Crippen LogP contribution in [0.2, 0.25) is 0 Å². The fraction of sp³-hybridized carbons (Fsp3) is 0.600. The molecule has 0 aromatic heterocycles. The first-order valence-corrected chi connectivity index (χ1v) is 11.8. The van der Waals surface area contributed by atoms with Crippen molar-refractivity contribution in [3.8, 4) is 5.75 Å². The number of unbranched alkanes of at least 4 members (excludes halogenated alkanes) is 1. The van der Waals surface area contributed by atoms with Gasteiger partial charge >= 0.3 is 18.2 Å². The molecule has 3 N–H and O–H groups in total. The highest BCUT2D eigenvalue weighted by Crippen LogP contribution is 2.11. The van der Waals surface area contributed by atoms with Crippen LogP contribution in [0.3, 0.4) is 0 Å². The molecule has 196 valence electrons. The number of methoxy groups -OCH3 is 1. The van der Waals surface area contributed by atoms with Crippen molar-refractivity contribution in [2.75, 3.05) is 13.7 Å². The zero-order valence-corrected chi connectivity index (χ0v) is 21.5. The van der Waals surface area contributed by atoms with Gasteiger partial charge < -0.3 is 30.2 Å². The van der Waals surface area contributed by atoms with Gasteiger partial charge in [-0.2, -0.15) is 0 Å². The van der Waals surface area contributed by atoms with Crippen molar-refractivity contribution in [2.24, 2.45) is 5.92 Å². The number of alkyl carbamates (subject to hydrolysis) is 1. The summed E-state index contributed by atoms with van der Waals surface area (Å²) in [5.41, 5.74) is -0.595. The quantitative estimate of drug-likeness (QED) is 0.300. The second-order valence-corrected chi connectivity index (χ2v) is 9.54. The Hall–Kier alpha value is -3.30. The largest absolute Gasteiger partial charge is 0.467 e. The van der Waals surface area contributed by atoms with E-state index in [2.05, 4.69) is 16.0 Å². The van der Waals surface area contributed by atoms with Crippen LogP contribution in [-0.2, 0) is 19.1 Å². The predicted molar refractivity (Wildman–Crippen MR) is 131 cm³/mol. The summed E-state index contributed by atoms with van der Waals surface area (Å²) in [5.74, 6) is -0.615. The SMILES string of the molecule is COC(=O)[C@H](CC(C)C)NC(=O)[C@H](CCCCNC(=O)OC(C)(C)C)NC(=O)Oc1ccccc1. The molecule has 0 aliphatic carbocycles. The smallest absolute Gasteiger partial charge is 0.413 e. The van der Waals surface area contributed by atoms with Gasteiger partial charge in [-0.05, 0) is 64.5 Å². The fourth-order valence-electron chi connectivity index (χ4n) is 3.11. The molecule has 0 saturated heterocycles. The van der Waals surface area contributed by atoms with Crippen LogP contribution in [0, 0.1) is 5.92 Å². The minimum Gasteiger partial charge on any atom is -0.467 e. The molecular weight excluding hydrogens is 454 g/mol. The van der Waals surface area contributed by atoms with Crippen molar-refractivity contribution in [3.63, 3.8) is 0 Å². The summed E-state index contributed by atoms with van der Waals surface area (Å²) in [6, 6.07) is 6.67. The van der Waals surface area contributed by atoms with Crippen LogP contribution in [0.1, 0.15) is 60.3 Å². The van der Waals surface area contributed by atoms with Gasteiger partial charge in [0.05, 0.1) is 7.11 Å². The van der Waals surface area contributed by atoms with E-state index in [0.29, 0.717) is 31.6 Å². The molecule has 2 atom stereocenters. The summed E-state index contributed by atoms with van der Waals surface area (Å²) in [4.78, 5) is 49.3. The molecule has 10 nitrogen and oxygen atoms in total. The summed E-state index contributed by atoms with van der Waals surface area (Å²) in [6.07, 6.45) is 0.394. The van der Waals surface area contributed by atoms with Crippen molar-refractivity contribution in [2.45, 2.75) is 78.0 Å². The van der Waals surface area contributed by atoms with Crippen LogP contribution >= 0.6 is 0 Å². The van der Waals surface area contributed by atoms with Crippen LogP contribution < -0.4 is 20.7 Å². The average Bonchev–Trinajstić information content (AvgIpc) is 2.76. The Balaban J connectivity index is 2.74. The van der Waals surface area contributed by atoms with Gasteiger partial charge in [0, 0.05) is 6.54 Å². The highest BCUT2D eigenvalue weighted by molar-refractivity contribution is 5.89. The highest BCUT2D eigenvalue weighted by Gasteiger charge is 2.28. The van der Waals surface area contributed by atoms with Gasteiger partial charge in [0.2, 0.25) is 5.91 Å². The molecule has 0 unspecified atom stereocenters. The van der Waals surface area contributed by atoms with Gasteiger partial charge in [-0.25, -0.2) is 14.4 Å². The zero-order chi connectivity index (χ0) is 26.4. The number of rotatable bonds is 12. The van der Waals surface area contributed by atoms with Crippen molar-refractivity contribution < 1.29 is 33.4 Å². The number of ether oxygens (including phenoxy) is 3. The Kier molecular flexibility index (Phi) is 12.6. The van der Waals surface area contributed by atoms with Crippen molar-refractivity contribution in [3.05, 3.63) is 30.3 Å². The number of esters is 1. The second kappa shape index (κ2) is 14.9. The first kappa shape index (κ1) is 29.7. The molecule has 0 fully saturated rings. The van der Waals surface area contributed by atoms with Crippen LogP contribution in [0.25, 0.3) is 0 Å². The van der Waals surface area contributed by atoms with Gasteiger partial charge in [0.15, 0.2) is 0 Å². The first-order chi connectivity index (χ1) is 16.4. The van der Waals surface area contributed by atoms with E-state index in [1.54, 1.807) is 51.1 Å². The maximum Gasteiger partial charge on any atom is 0.413 e. The van der Waals surface area contributed by atoms with Gasteiger partial charge in [0.25, 0.3) is 0 Å². The Morgan fingerprint density at radius 2 is 1.57 bits per heavy atom. The lowest BCUT2D eigenvalue weighted by Crippen LogP contribution is -2.52. The van der Waals surface area contributed by atoms with Crippen LogP contribution in [0.15, 0.2) is 30.3 Å². The number of hydrogen-bond donors (Lipinski definition) is 3. The molecule has 0 spiro atoms. The van der Waals surface area contributed by atoms with E-state index in [-0.39, 0.29) is 12.3 Å². The van der Waals surface area contributed by atoms with E-state index < -0.39 is 41.7 Å². The average molecular weight is 494 g/mol. The Morgan fingerprint density at radius 1 is 0.914 bits per heavy atom. The number of carbonyl (C=O) groups excluding carboxylic acids is 4. The van der Waals surface area contributed by atoms with E-state index in [1.807, 2.05) is 13.8 Å². The molecule has 35 heavy (non-hydrogen) atoms. The third-order valence-electron chi connectivity index (χ3n) is 4.66. The summed E-state index contributed by atoms with van der Waals surface area (Å²) < 4.78 is 15.2. The number of benzene rings is 1. The summed E-state index contributed by atoms with van der Waals surface area (Å²) in [7, 11) is 1.26. The third kappa shape index (κ3) is 13.2. The molecule has 1 aromatic rings. The minimum atomic E-state index is -0.952. The Morgan fingerprint density at radius 3 is 2.14 bits per heavy atom. The molecule has 10 heteroatoms. The second-order valence-electron chi connectivity index (χ2n) is 9.54. The van der Waals surface area contributed by atoms with E-state index in [1.165, 1.54) is 7.11 Å². The van der Waals surface area contributed by atoms with Crippen molar-refractivity contribution in [1.29, 1.82) is 0 Å². The third-order valence-corrected chi connectivity index (χ3v) is 4.66. The number of carbonyl (C=O) groups is 4. The summed E-state index contributed by atoms with van der Waals surface area (Å²) in [5, 5.41) is 7.91. The first-order valence-electron chi connectivity index (χ1n) is 11.8.